The fraction of sp³-hybridized carbons (Fsp3) is 0.550. The summed E-state index contributed by atoms with van der Waals surface area (Å²) in [4.78, 5) is 12.5. The number of hydrogen-bond acceptors (Lipinski definition) is 4. The van der Waals surface area contributed by atoms with Gasteiger partial charge in [-0.15, -0.1) is 10.2 Å². The molecule has 1 aromatic heterocycles. The van der Waals surface area contributed by atoms with Crippen LogP contribution in [0.1, 0.15) is 50.4 Å². The van der Waals surface area contributed by atoms with Crippen molar-refractivity contribution >= 4 is 17.7 Å². The fourth-order valence-electron chi connectivity index (χ4n) is 3.50. The molecular formula is C20H28N4OS. The first-order valence-corrected chi connectivity index (χ1v) is 10.4. The van der Waals surface area contributed by atoms with E-state index in [1.165, 1.54) is 43.9 Å². The molecule has 1 N–H and O–H groups in total. The number of aromatic nitrogens is 3. The Balaban J connectivity index is 1.65. The van der Waals surface area contributed by atoms with Gasteiger partial charge in [0.2, 0.25) is 5.91 Å². The minimum atomic E-state index is -0.204. The normalized spacial score (nSPS) is 16.4. The highest BCUT2D eigenvalue weighted by molar-refractivity contribution is 8.00. The van der Waals surface area contributed by atoms with E-state index < -0.39 is 0 Å². The molecule has 1 saturated carbocycles. The smallest absolute Gasteiger partial charge is 0.233 e. The van der Waals surface area contributed by atoms with Crippen LogP contribution in [0.15, 0.2) is 29.4 Å². The lowest BCUT2D eigenvalue weighted by molar-refractivity contribution is -0.120. The molecule has 1 aliphatic rings. The maximum atomic E-state index is 12.5. The summed E-state index contributed by atoms with van der Waals surface area (Å²) in [5.74, 6) is 1.55. The first kappa shape index (κ1) is 19.0. The Morgan fingerprint density at radius 2 is 1.96 bits per heavy atom. The van der Waals surface area contributed by atoms with E-state index >= 15 is 0 Å². The average molecular weight is 373 g/mol. The molecule has 140 valence electrons. The Labute approximate surface area is 160 Å². The van der Waals surface area contributed by atoms with Crippen LogP contribution in [-0.2, 0) is 4.79 Å². The van der Waals surface area contributed by atoms with Gasteiger partial charge in [-0.1, -0.05) is 49.2 Å². The second-order valence-electron chi connectivity index (χ2n) is 7.16. The second kappa shape index (κ2) is 8.71. The van der Waals surface area contributed by atoms with Crippen molar-refractivity contribution in [3.63, 3.8) is 0 Å². The molecule has 0 aliphatic heterocycles. The number of aryl methyl sites for hydroxylation is 2. The van der Waals surface area contributed by atoms with Gasteiger partial charge in [0.15, 0.2) is 5.16 Å². The zero-order chi connectivity index (χ0) is 18.5. The van der Waals surface area contributed by atoms with Crippen LogP contribution in [0.3, 0.4) is 0 Å². The van der Waals surface area contributed by atoms with Gasteiger partial charge >= 0.3 is 0 Å². The Hall–Kier alpha value is -1.82. The molecule has 1 aliphatic carbocycles. The molecule has 1 aromatic carbocycles. The van der Waals surface area contributed by atoms with E-state index in [1.807, 2.05) is 30.5 Å². The third-order valence-corrected chi connectivity index (χ3v) is 6.14. The van der Waals surface area contributed by atoms with Crippen LogP contribution < -0.4 is 5.32 Å². The minimum Gasteiger partial charge on any atom is -0.355 e. The number of carbonyl (C=O) groups is 1. The molecule has 1 unspecified atom stereocenters. The van der Waals surface area contributed by atoms with Gasteiger partial charge in [0.05, 0.1) is 10.9 Å². The maximum Gasteiger partial charge on any atom is 0.233 e. The van der Waals surface area contributed by atoms with Gasteiger partial charge in [0.1, 0.15) is 5.82 Å². The first-order chi connectivity index (χ1) is 12.6. The van der Waals surface area contributed by atoms with Gasteiger partial charge < -0.3 is 5.32 Å². The van der Waals surface area contributed by atoms with E-state index in [9.17, 15) is 4.79 Å². The number of amides is 1. The fourth-order valence-corrected chi connectivity index (χ4v) is 4.43. The topological polar surface area (TPSA) is 59.8 Å². The average Bonchev–Trinajstić information content (AvgIpc) is 3.01. The zero-order valence-corrected chi connectivity index (χ0v) is 16.7. The molecule has 0 bridgehead atoms. The standard InChI is InChI=1S/C20H28N4OS/c1-14-9-7-8-12-18(14)24-16(3)22-23-20(24)26-15(2)19(25)21-13-17-10-5-4-6-11-17/h7-9,12,15,17H,4-6,10-11,13H2,1-3H3,(H,21,25). The molecule has 0 saturated heterocycles. The van der Waals surface area contributed by atoms with Gasteiger partial charge in [-0.2, -0.15) is 0 Å². The molecule has 5 nitrogen and oxygen atoms in total. The predicted molar refractivity (Wildman–Crippen MR) is 106 cm³/mol. The number of thioether (sulfide) groups is 1. The number of hydrogen-bond donors (Lipinski definition) is 1. The molecule has 1 fully saturated rings. The molecule has 2 aromatic rings. The van der Waals surface area contributed by atoms with Gasteiger partial charge in [-0.05, 0) is 51.2 Å². The Bertz CT molecular complexity index is 752. The van der Waals surface area contributed by atoms with Crippen LogP contribution in [0.2, 0.25) is 0 Å². The summed E-state index contributed by atoms with van der Waals surface area (Å²) in [5.41, 5.74) is 2.22. The van der Waals surface area contributed by atoms with Crippen molar-refractivity contribution < 1.29 is 4.79 Å². The second-order valence-corrected chi connectivity index (χ2v) is 8.47. The summed E-state index contributed by atoms with van der Waals surface area (Å²) in [6.45, 7) is 6.75. The van der Waals surface area contributed by atoms with Crippen LogP contribution >= 0.6 is 11.8 Å². The molecule has 6 heteroatoms. The van der Waals surface area contributed by atoms with E-state index in [1.54, 1.807) is 0 Å². The zero-order valence-electron chi connectivity index (χ0n) is 15.9. The molecule has 0 spiro atoms. The molecule has 1 amide bonds. The summed E-state index contributed by atoms with van der Waals surface area (Å²) in [6, 6.07) is 8.16. The van der Waals surface area contributed by atoms with Gasteiger partial charge in [-0.3, -0.25) is 9.36 Å². The molecule has 1 heterocycles. The monoisotopic (exact) mass is 372 g/mol. The van der Waals surface area contributed by atoms with E-state index in [0.29, 0.717) is 5.92 Å². The number of benzene rings is 1. The van der Waals surface area contributed by atoms with Crippen molar-refractivity contribution in [2.45, 2.75) is 63.3 Å². The van der Waals surface area contributed by atoms with Crippen molar-refractivity contribution in [2.75, 3.05) is 6.54 Å². The van der Waals surface area contributed by atoms with E-state index in [2.05, 4.69) is 34.6 Å². The summed E-state index contributed by atoms with van der Waals surface area (Å²) >= 11 is 1.47. The van der Waals surface area contributed by atoms with E-state index in [4.69, 9.17) is 0 Å². The third-order valence-electron chi connectivity index (χ3n) is 5.09. The number of nitrogens with one attached hydrogen (secondary N) is 1. The number of carbonyl (C=O) groups excluding carboxylic acids is 1. The molecule has 3 rings (SSSR count). The molecule has 26 heavy (non-hydrogen) atoms. The summed E-state index contributed by atoms with van der Waals surface area (Å²) in [6.07, 6.45) is 6.41. The van der Waals surface area contributed by atoms with Gasteiger partial charge in [-0.25, -0.2) is 0 Å². The highest BCUT2D eigenvalue weighted by atomic mass is 32.2. The Kier molecular flexibility index (Phi) is 6.35. The van der Waals surface area contributed by atoms with Crippen LogP contribution in [0.5, 0.6) is 0 Å². The van der Waals surface area contributed by atoms with Crippen LogP contribution in [0, 0.1) is 19.8 Å². The molecule has 0 radical (unpaired) electrons. The summed E-state index contributed by atoms with van der Waals surface area (Å²) in [5, 5.41) is 12.2. The lowest BCUT2D eigenvalue weighted by atomic mass is 9.89. The van der Waals surface area contributed by atoms with Crippen LogP contribution in [-0.4, -0.2) is 32.5 Å². The number of nitrogens with zero attached hydrogens (tertiary/aromatic N) is 3. The summed E-state index contributed by atoms with van der Waals surface area (Å²) in [7, 11) is 0. The van der Waals surface area contributed by atoms with E-state index in [-0.39, 0.29) is 11.2 Å². The van der Waals surface area contributed by atoms with Crippen molar-refractivity contribution in [1.29, 1.82) is 0 Å². The van der Waals surface area contributed by atoms with Crippen LogP contribution in [0.4, 0.5) is 0 Å². The quantitative estimate of drug-likeness (QED) is 0.777. The SMILES string of the molecule is Cc1ccccc1-n1c(C)nnc1SC(C)C(=O)NCC1CCCCC1. The van der Waals surface area contributed by atoms with E-state index in [0.717, 1.165) is 28.8 Å². The van der Waals surface area contributed by atoms with Crippen molar-refractivity contribution in [2.24, 2.45) is 5.92 Å². The minimum absolute atomic E-state index is 0.0811. The Morgan fingerprint density at radius 1 is 1.23 bits per heavy atom. The lowest BCUT2D eigenvalue weighted by Gasteiger charge is -2.22. The highest BCUT2D eigenvalue weighted by Gasteiger charge is 2.21. The first-order valence-electron chi connectivity index (χ1n) is 9.48. The summed E-state index contributed by atoms with van der Waals surface area (Å²) < 4.78 is 2.03. The highest BCUT2D eigenvalue weighted by Crippen LogP contribution is 2.27. The third kappa shape index (κ3) is 4.47. The largest absolute Gasteiger partial charge is 0.355 e. The number of para-hydroxylation sites is 1. The van der Waals surface area contributed by atoms with Crippen LogP contribution in [0.25, 0.3) is 5.69 Å². The van der Waals surface area contributed by atoms with Crippen molar-refractivity contribution in [3.05, 3.63) is 35.7 Å². The van der Waals surface area contributed by atoms with Gasteiger partial charge in [0, 0.05) is 6.54 Å². The van der Waals surface area contributed by atoms with Gasteiger partial charge in [0.25, 0.3) is 0 Å². The number of rotatable bonds is 6. The predicted octanol–water partition coefficient (Wildman–Crippen LogP) is 4.06. The van der Waals surface area contributed by atoms with Crippen molar-refractivity contribution in [1.82, 2.24) is 20.1 Å². The maximum absolute atomic E-state index is 12.5. The Morgan fingerprint density at radius 3 is 2.69 bits per heavy atom. The van der Waals surface area contributed by atoms with Crippen molar-refractivity contribution in [3.8, 4) is 5.69 Å². The molecular weight excluding hydrogens is 344 g/mol. The lowest BCUT2D eigenvalue weighted by Crippen LogP contribution is -2.35. The molecule has 1 atom stereocenters.